The minimum absolute atomic E-state index is 0.120. The smallest absolute Gasteiger partial charge is 0.258 e. The number of rotatable bonds is 9. The number of benzene rings is 2. The van der Waals surface area contributed by atoms with Gasteiger partial charge in [0.15, 0.2) is 6.61 Å². The van der Waals surface area contributed by atoms with Gasteiger partial charge in [-0.05, 0) is 48.4 Å². The van der Waals surface area contributed by atoms with Gasteiger partial charge in [-0.2, -0.15) is 0 Å². The zero-order chi connectivity index (χ0) is 20.8. The first-order valence-electron chi connectivity index (χ1n) is 10.3. The fourth-order valence-electron chi connectivity index (χ4n) is 3.21. The summed E-state index contributed by atoms with van der Waals surface area (Å²) < 4.78 is 5.82. The van der Waals surface area contributed by atoms with Crippen molar-refractivity contribution in [3.63, 3.8) is 0 Å². The Hall–Kier alpha value is -2.82. The first kappa shape index (κ1) is 20.9. The normalized spacial score (nSPS) is 14.3. The maximum atomic E-state index is 12.6. The Balaban J connectivity index is 1.63. The van der Waals surface area contributed by atoms with Gasteiger partial charge in [-0.3, -0.25) is 9.59 Å². The molecule has 0 heterocycles. The molecule has 0 spiro atoms. The summed E-state index contributed by atoms with van der Waals surface area (Å²) in [6.07, 6.45) is 2.46. The lowest BCUT2D eigenvalue weighted by Crippen LogP contribution is -2.49. The molecule has 3 rings (SSSR count). The van der Waals surface area contributed by atoms with Crippen LogP contribution in [0.25, 0.3) is 0 Å². The van der Waals surface area contributed by atoms with Crippen molar-refractivity contribution in [3.8, 4) is 5.75 Å². The van der Waals surface area contributed by atoms with E-state index in [-0.39, 0.29) is 24.5 Å². The molecule has 1 saturated carbocycles. The summed E-state index contributed by atoms with van der Waals surface area (Å²) in [5, 5.41) is 5.85. The third kappa shape index (κ3) is 6.34. The number of amides is 2. The van der Waals surface area contributed by atoms with Gasteiger partial charge in [0, 0.05) is 12.5 Å². The predicted molar refractivity (Wildman–Crippen MR) is 114 cm³/mol. The molecule has 0 radical (unpaired) electrons. The first-order valence-corrected chi connectivity index (χ1v) is 10.3. The molecule has 1 atom stereocenters. The summed E-state index contributed by atoms with van der Waals surface area (Å²) >= 11 is 0. The van der Waals surface area contributed by atoms with Gasteiger partial charge in [-0.1, -0.05) is 56.3 Å². The molecule has 0 aliphatic heterocycles. The second kappa shape index (κ2) is 9.59. The van der Waals surface area contributed by atoms with E-state index in [9.17, 15) is 9.59 Å². The van der Waals surface area contributed by atoms with Gasteiger partial charge in [0.05, 0.1) is 0 Å². The van der Waals surface area contributed by atoms with Crippen LogP contribution in [-0.4, -0.2) is 30.5 Å². The predicted octanol–water partition coefficient (Wildman–Crippen LogP) is 3.50. The van der Waals surface area contributed by atoms with Gasteiger partial charge in [-0.25, -0.2) is 0 Å². The molecule has 0 saturated heterocycles. The van der Waals surface area contributed by atoms with E-state index in [2.05, 4.69) is 24.5 Å². The highest BCUT2D eigenvalue weighted by Crippen LogP contribution is 2.27. The van der Waals surface area contributed by atoms with Gasteiger partial charge in [0.1, 0.15) is 11.8 Å². The van der Waals surface area contributed by atoms with Crippen LogP contribution in [0.2, 0.25) is 0 Å². The molecule has 0 bridgehead atoms. The van der Waals surface area contributed by atoms with E-state index < -0.39 is 6.04 Å². The van der Waals surface area contributed by atoms with Crippen LogP contribution in [0.3, 0.4) is 0 Å². The molecule has 0 aromatic heterocycles. The second-order valence-corrected chi connectivity index (χ2v) is 8.08. The lowest BCUT2D eigenvalue weighted by atomic mass is 10.0. The number of hydrogen-bond acceptors (Lipinski definition) is 3. The fourth-order valence-corrected chi connectivity index (χ4v) is 3.21. The summed E-state index contributed by atoms with van der Waals surface area (Å²) in [5.41, 5.74) is 3.15. The Kier molecular flexibility index (Phi) is 6.91. The number of nitrogens with one attached hydrogen (secondary N) is 2. The Bertz CT molecular complexity index is 844. The molecule has 1 aliphatic carbocycles. The van der Waals surface area contributed by atoms with Crippen molar-refractivity contribution in [1.82, 2.24) is 10.6 Å². The average molecular weight is 395 g/mol. The average Bonchev–Trinajstić information content (AvgIpc) is 3.50. The van der Waals surface area contributed by atoms with Gasteiger partial charge in [0.25, 0.3) is 5.91 Å². The monoisotopic (exact) mass is 394 g/mol. The van der Waals surface area contributed by atoms with E-state index in [4.69, 9.17) is 4.74 Å². The highest BCUT2D eigenvalue weighted by molar-refractivity contribution is 5.88. The summed E-state index contributed by atoms with van der Waals surface area (Å²) in [7, 11) is 0. The molecule has 2 amide bonds. The van der Waals surface area contributed by atoms with Crippen LogP contribution in [0.15, 0.2) is 48.5 Å². The molecule has 2 aromatic rings. The molecule has 2 N–H and O–H groups in total. The van der Waals surface area contributed by atoms with Crippen LogP contribution < -0.4 is 15.4 Å². The lowest BCUT2D eigenvalue weighted by Gasteiger charge is -2.19. The van der Waals surface area contributed by atoms with Crippen molar-refractivity contribution in [2.45, 2.75) is 58.0 Å². The van der Waals surface area contributed by atoms with Crippen molar-refractivity contribution in [2.75, 3.05) is 6.61 Å². The number of aryl methyl sites for hydroxylation is 1. The van der Waals surface area contributed by atoms with Crippen molar-refractivity contribution in [3.05, 3.63) is 65.2 Å². The van der Waals surface area contributed by atoms with Gasteiger partial charge >= 0.3 is 0 Å². The second-order valence-electron chi connectivity index (χ2n) is 8.08. The largest absolute Gasteiger partial charge is 0.483 e. The molecule has 5 nitrogen and oxygen atoms in total. The van der Waals surface area contributed by atoms with Gasteiger partial charge in [-0.15, -0.1) is 0 Å². The Morgan fingerprint density at radius 2 is 1.83 bits per heavy atom. The van der Waals surface area contributed by atoms with Crippen LogP contribution in [0, 0.1) is 6.92 Å². The SMILES string of the molecule is Cc1ccc(C(C)C)c(OCC(=O)NC(Cc2ccccc2)C(=O)NC2CC2)c1. The van der Waals surface area contributed by atoms with Crippen LogP contribution in [0.1, 0.15) is 49.3 Å². The Labute approximate surface area is 172 Å². The van der Waals surface area contributed by atoms with Crippen LogP contribution in [0.5, 0.6) is 5.75 Å². The number of hydrogen-bond donors (Lipinski definition) is 2. The van der Waals surface area contributed by atoms with Crippen molar-refractivity contribution >= 4 is 11.8 Å². The van der Waals surface area contributed by atoms with Crippen LogP contribution in [-0.2, 0) is 16.0 Å². The summed E-state index contributed by atoms with van der Waals surface area (Å²) in [6, 6.07) is 15.4. The topological polar surface area (TPSA) is 67.4 Å². The van der Waals surface area contributed by atoms with Gasteiger partial charge in [0.2, 0.25) is 5.91 Å². The van der Waals surface area contributed by atoms with Crippen LogP contribution in [0.4, 0.5) is 0 Å². The number of carbonyl (C=O) groups is 2. The highest BCUT2D eigenvalue weighted by atomic mass is 16.5. The van der Waals surface area contributed by atoms with E-state index in [0.29, 0.717) is 12.3 Å². The van der Waals surface area contributed by atoms with E-state index in [1.807, 2.05) is 55.5 Å². The summed E-state index contributed by atoms with van der Waals surface area (Å²) in [6.45, 7) is 6.06. The molecule has 5 heteroatoms. The third-order valence-corrected chi connectivity index (χ3v) is 5.01. The number of ether oxygens (including phenoxy) is 1. The minimum atomic E-state index is -0.615. The highest BCUT2D eigenvalue weighted by Gasteiger charge is 2.28. The molecule has 1 fully saturated rings. The lowest BCUT2D eigenvalue weighted by molar-refractivity contribution is -0.130. The van der Waals surface area contributed by atoms with E-state index in [1.54, 1.807) is 0 Å². The molecular formula is C24H30N2O3. The maximum Gasteiger partial charge on any atom is 0.258 e. The molecular weight excluding hydrogens is 364 g/mol. The van der Waals surface area contributed by atoms with Crippen LogP contribution >= 0.6 is 0 Å². The molecule has 2 aromatic carbocycles. The molecule has 29 heavy (non-hydrogen) atoms. The standard InChI is InChI=1S/C24H30N2O3/c1-16(2)20-12-9-17(3)13-22(20)29-15-23(27)26-21(24(28)25-19-10-11-19)14-18-7-5-4-6-8-18/h4-9,12-13,16,19,21H,10-11,14-15H2,1-3H3,(H,25,28)(H,26,27). The third-order valence-electron chi connectivity index (χ3n) is 5.01. The maximum absolute atomic E-state index is 12.6. The van der Waals surface area contributed by atoms with E-state index >= 15 is 0 Å². The quantitative estimate of drug-likeness (QED) is 0.684. The van der Waals surface area contributed by atoms with E-state index in [1.165, 1.54) is 0 Å². The number of carbonyl (C=O) groups excluding carboxylic acids is 2. The van der Waals surface area contributed by atoms with Crippen molar-refractivity contribution < 1.29 is 14.3 Å². The molecule has 1 aliphatic rings. The molecule has 154 valence electrons. The van der Waals surface area contributed by atoms with Crippen molar-refractivity contribution in [2.24, 2.45) is 0 Å². The fraction of sp³-hybridized carbons (Fsp3) is 0.417. The Morgan fingerprint density at radius 1 is 1.10 bits per heavy atom. The van der Waals surface area contributed by atoms with Gasteiger partial charge < -0.3 is 15.4 Å². The Morgan fingerprint density at radius 3 is 2.48 bits per heavy atom. The van der Waals surface area contributed by atoms with Crippen molar-refractivity contribution in [1.29, 1.82) is 0 Å². The summed E-state index contributed by atoms with van der Waals surface area (Å²) in [4.78, 5) is 25.2. The van der Waals surface area contributed by atoms with E-state index in [0.717, 1.165) is 35.3 Å². The zero-order valence-corrected chi connectivity index (χ0v) is 17.4. The molecule has 1 unspecified atom stereocenters. The first-order chi connectivity index (χ1) is 13.9. The summed E-state index contributed by atoms with van der Waals surface area (Å²) in [5.74, 6) is 0.581. The zero-order valence-electron chi connectivity index (χ0n) is 17.4. The minimum Gasteiger partial charge on any atom is -0.483 e.